The highest BCUT2D eigenvalue weighted by Crippen LogP contribution is 2.41. The van der Waals surface area contributed by atoms with Crippen LogP contribution in [0.1, 0.15) is 28.8 Å². The summed E-state index contributed by atoms with van der Waals surface area (Å²) in [5.41, 5.74) is 2.43. The molecule has 1 heterocycles. The summed E-state index contributed by atoms with van der Waals surface area (Å²) in [5.74, 6) is -0.557. The average Bonchev–Trinajstić information content (AvgIpc) is 3.47. The molecule has 0 bridgehead atoms. The summed E-state index contributed by atoms with van der Waals surface area (Å²) in [4.78, 5) is 36.8. The molecule has 0 radical (unpaired) electrons. The molecule has 1 aliphatic heterocycles. The summed E-state index contributed by atoms with van der Waals surface area (Å²) < 4.78 is 0. The normalized spacial score (nSPS) is 21.5. The van der Waals surface area contributed by atoms with E-state index < -0.39 is 11.6 Å². The number of nitrogens with one attached hydrogen (secondary N) is 3. The van der Waals surface area contributed by atoms with Crippen LogP contribution in [0, 0.1) is 12.8 Å². The highest BCUT2D eigenvalue weighted by molar-refractivity contribution is 6.08. The van der Waals surface area contributed by atoms with Crippen molar-refractivity contribution in [1.29, 1.82) is 0 Å². The summed E-state index contributed by atoms with van der Waals surface area (Å²) >= 11 is 0. The first-order chi connectivity index (χ1) is 13.0. The molecule has 2 aromatic carbocycles. The molecule has 4 rings (SSSR count). The maximum Gasteiger partial charge on any atom is 0.322 e. The summed E-state index contributed by atoms with van der Waals surface area (Å²) in [6, 6.07) is 14.9. The molecular weight excluding hydrogens is 342 g/mol. The van der Waals surface area contributed by atoms with Gasteiger partial charge in [-0.25, -0.2) is 4.79 Å². The van der Waals surface area contributed by atoms with Crippen LogP contribution in [0.25, 0.3) is 11.1 Å². The Kier molecular flexibility index (Phi) is 4.18. The molecule has 2 aliphatic rings. The summed E-state index contributed by atoms with van der Waals surface area (Å²) in [5, 5.41) is 7.88. The topological polar surface area (TPSA) is 87.3 Å². The quantitative estimate of drug-likeness (QED) is 0.713. The van der Waals surface area contributed by atoms with Gasteiger partial charge < -0.3 is 10.6 Å². The molecule has 6 heteroatoms. The molecule has 6 nitrogen and oxygen atoms in total. The van der Waals surface area contributed by atoms with E-state index in [1.807, 2.05) is 49.4 Å². The van der Waals surface area contributed by atoms with Gasteiger partial charge in [0, 0.05) is 5.56 Å². The Morgan fingerprint density at radius 2 is 1.81 bits per heavy atom. The second-order valence-electron chi connectivity index (χ2n) is 7.25. The van der Waals surface area contributed by atoms with Gasteiger partial charge in [0.05, 0.1) is 6.54 Å². The standard InChI is InChI=1S/C21H21N3O3/c1-13-6-8-14(9-7-13)16-4-2-3-5-17(16)18(25)22-12-21(15-10-11-15)19(26)23-20(27)24-21/h2-9,15H,10-12H2,1H3,(H,22,25)(H2,23,24,26,27)/t21-/m0/s1. The van der Waals surface area contributed by atoms with Gasteiger partial charge in [0.1, 0.15) is 5.54 Å². The Morgan fingerprint density at radius 1 is 1.11 bits per heavy atom. The number of benzene rings is 2. The lowest BCUT2D eigenvalue weighted by Gasteiger charge is -2.26. The van der Waals surface area contributed by atoms with Crippen molar-refractivity contribution in [3.8, 4) is 11.1 Å². The number of carbonyl (C=O) groups is 3. The molecule has 1 atom stereocenters. The van der Waals surface area contributed by atoms with Gasteiger partial charge in [-0.15, -0.1) is 0 Å². The zero-order valence-corrected chi connectivity index (χ0v) is 15.0. The predicted molar refractivity (Wildman–Crippen MR) is 101 cm³/mol. The monoisotopic (exact) mass is 363 g/mol. The van der Waals surface area contributed by atoms with E-state index in [-0.39, 0.29) is 24.3 Å². The molecule has 0 spiro atoms. The fourth-order valence-electron chi connectivity index (χ4n) is 3.62. The SMILES string of the molecule is Cc1ccc(-c2ccccc2C(=O)NC[C@@]2(C3CC3)NC(=O)NC2=O)cc1. The summed E-state index contributed by atoms with van der Waals surface area (Å²) in [6.07, 6.45) is 1.73. The van der Waals surface area contributed by atoms with Gasteiger partial charge in [0.25, 0.3) is 11.8 Å². The Bertz CT molecular complexity index is 919. The lowest BCUT2D eigenvalue weighted by Crippen LogP contribution is -2.57. The van der Waals surface area contributed by atoms with Crippen molar-refractivity contribution < 1.29 is 14.4 Å². The van der Waals surface area contributed by atoms with E-state index >= 15 is 0 Å². The highest BCUT2D eigenvalue weighted by Gasteiger charge is 2.56. The highest BCUT2D eigenvalue weighted by atomic mass is 16.2. The van der Waals surface area contributed by atoms with E-state index in [9.17, 15) is 14.4 Å². The molecule has 1 saturated heterocycles. The summed E-state index contributed by atoms with van der Waals surface area (Å²) in [7, 11) is 0. The molecule has 2 fully saturated rings. The molecule has 0 aromatic heterocycles. The van der Waals surface area contributed by atoms with Crippen molar-refractivity contribution in [3.05, 3.63) is 59.7 Å². The number of hydrogen-bond donors (Lipinski definition) is 3. The molecular formula is C21H21N3O3. The van der Waals surface area contributed by atoms with Crippen LogP contribution in [0.15, 0.2) is 48.5 Å². The van der Waals surface area contributed by atoms with Crippen LogP contribution in [0.5, 0.6) is 0 Å². The number of rotatable bonds is 5. The number of amides is 4. The maximum absolute atomic E-state index is 12.9. The van der Waals surface area contributed by atoms with E-state index in [2.05, 4.69) is 16.0 Å². The molecule has 4 amide bonds. The fourth-order valence-corrected chi connectivity index (χ4v) is 3.62. The van der Waals surface area contributed by atoms with Gasteiger partial charge in [-0.3, -0.25) is 14.9 Å². The second-order valence-corrected chi connectivity index (χ2v) is 7.25. The van der Waals surface area contributed by atoms with Gasteiger partial charge in [0.2, 0.25) is 0 Å². The first-order valence-corrected chi connectivity index (χ1v) is 9.07. The molecule has 138 valence electrons. The van der Waals surface area contributed by atoms with Crippen molar-refractivity contribution in [2.45, 2.75) is 25.3 Å². The zero-order chi connectivity index (χ0) is 19.0. The Morgan fingerprint density at radius 3 is 2.44 bits per heavy atom. The number of aryl methyl sites for hydroxylation is 1. The Labute approximate surface area is 157 Å². The smallest absolute Gasteiger partial charge is 0.322 e. The van der Waals surface area contributed by atoms with Crippen molar-refractivity contribution in [2.24, 2.45) is 5.92 Å². The first-order valence-electron chi connectivity index (χ1n) is 9.07. The van der Waals surface area contributed by atoms with E-state index in [1.54, 1.807) is 6.07 Å². The zero-order valence-electron chi connectivity index (χ0n) is 15.0. The van der Waals surface area contributed by atoms with Crippen molar-refractivity contribution in [3.63, 3.8) is 0 Å². The molecule has 1 aliphatic carbocycles. The molecule has 2 aromatic rings. The minimum absolute atomic E-state index is 0.0663. The van der Waals surface area contributed by atoms with Gasteiger partial charge in [-0.2, -0.15) is 0 Å². The van der Waals surface area contributed by atoms with Crippen molar-refractivity contribution >= 4 is 17.8 Å². The van der Waals surface area contributed by atoms with E-state index in [4.69, 9.17) is 0 Å². The van der Waals surface area contributed by atoms with Gasteiger partial charge in [0.15, 0.2) is 0 Å². The number of imide groups is 1. The Balaban J connectivity index is 1.56. The lowest BCUT2D eigenvalue weighted by molar-refractivity contribution is -0.124. The second kappa shape index (κ2) is 6.54. The van der Waals surface area contributed by atoms with Gasteiger partial charge in [-0.05, 0) is 42.9 Å². The third kappa shape index (κ3) is 3.18. The van der Waals surface area contributed by atoms with E-state index in [0.29, 0.717) is 5.56 Å². The largest absolute Gasteiger partial charge is 0.349 e. The van der Waals surface area contributed by atoms with Crippen molar-refractivity contribution in [2.75, 3.05) is 6.54 Å². The van der Waals surface area contributed by atoms with Crippen LogP contribution in [-0.4, -0.2) is 29.9 Å². The molecule has 1 saturated carbocycles. The van der Waals surface area contributed by atoms with Crippen LogP contribution in [0.3, 0.4) is 0 Å². The number of urea groups is 1. The van der Waals surface area contributed by atoms with Gasteiger partial charge in [-0.1, -0.05) is 48.0 Å². The van der Waals surface area contributed by atoms with Crippen LogP contribution in [-0.2, 0) is 4.79 Å². The van der Waals surface area contributed by atoms with E-state index in [0.717, 1.165) is 29.5 Å². The minimum atomic E-state index is -1.04. The first kappa shape index (κ1) is 17.3. The molecule has 0 unspecified atom stereocenters. The van der Waals surface area contributed by atoms with Crippen LogP contribution >= 0.6 is 0 Å². The van der Waals surface area contributed by atoms with Crippen LogP contribution < -0.4 is 16.0 Å². The van der Waals surface area contributed by atoms with Crippen molar-refractivity contribution in [1.82, 2.24) is 16.0 Å². The minimum Gasteiger partial charge on any atom is -0.349 e. The average molecular weight is 363 g/mol. The third-order valence-electron chi connectivity index (χ3n) is 5.31. The maximum atomic E-state index is 12.9. The predicted octanol–water partition coefficient (Wildman–Crippen LogP) is 2.38. The molecule has 3 N–H and O–H groups in total. The third-order valence-corrected chi connectivity index (χ3v) is 5.31. The van der Waals surface area contributed by atoms with Crippen LogP contribution in [0.4, 0.5) is 4.79 Å². The lowest BCUT2D eigenvalue weighted by atomic mass is 9.92. The number of carbonyl (C=O) groups excluding carboxylic acids is 3. The van der Waals surface area contributed by atoms with E-state index in [1.165, 1.54) is 0 Å². The summed E-state index contributed by atoms with van der Waals surface area (Å²) in [6.45, 7) is 2.09. The Hall–Kier alpha value is -3.15. The van der Waals surface area contributed by atoms with Crippen LogP contribution in [0.2, 0.25) is 0 Å². The van der Waals surface area contributed by atoms with Gasteiger partial charge >= 0.3 is 6.03 Å². The fraction of sp³-hybridized carbons (Fsp3) is 0.286. The molecule has 27 heavy (non-hydrogen) atoms. The number of hydrogen-bond acceptors (Lipinski definition) is 3.